The minimum absolute atomic E-state index is 0.435. The van der Waals surface area contributed by atoms with Crippen molar-refractivity contribution in [3.8, 4) is 0 Å². The molecular formula is C17H40N2. The quantitative estimate of drug-likeness (QED) is 0.659. The highest BCUT2D eigenvalue weighted by molar-refractivity contribution is 4.67. The molecule has 0 amide bonds. The number of nitrogens with one attached hydrogen (secondary N) is 1. The molecule has 1 N–H and O–H groups in total. The zero-order valence-electron chi connectivity index (χ0n) is 15.0. The molecule has 0 spiro atoms. The van der Waals surface area contributed by atoms with Crippen LogP contribution in [0.4, 0.5) is 0 Å². The van der Waals surface area contributed by atoms with Crippen LogP contribution in [0.5, 0.6) is 0 Å². The lowest BCUT2D eigenvalue weighted by Gasteiger charge is -2.27. The molecule has 0 aliphatic heterocycles. The summed E-state index contributed by atoms with van der Waals surface area (Å²) in [5.41, 5.74) is 0.435. The fraction of sp³-hybridized carbons (Fsp3) is 1.00. The van der Waals surface area contributed by atoms with Crippen LogP contribution in [0, 0.1) is 11.3 Å². The Bertz CT molecular complexity index is 169. The van der Waals surface area contributed by atoms with Crippen LogP contribution in [0.1, 0.15) is 67.7 Å². The van der Waals surface area contributed by atoms with E-state index in [9.17, 15) is 0 Å². The van der Waals surface area contributed by atoms with Gasteiger partial charge >= 0.3 is 0 Å². The number of hydrogen-bond acceptors (Lipinski definition) is 2. The van der Waals surface area contributed by atoms with Gasteiger partial charge in [0.15, 0.2) is 0 Å². The van der Waals surface area contributed by atoms with Gasteiger partial charge in [-0.2, -0.15) is 0 Å². The van der Waals surface area contributed by atoms with E-state index >= 15 is 0 Å². The first-order valence-corrected chi connectivity index (χ1v) is 8.16. The van der Waals surface area contributed by atoms with Crippen molar-refractivity contribution < 1.29 is 0 Å². The van der Waals surface area contributed by atoms with E-state index in [-0.39, 0.29) is 0 Å². The molecule has 0 aromatic rings. The van der Waals surface area contributed by atoms with Gasteiger partial charge in [0.05, 0.1) is 0 Å². The maximum atomic E-state index is 3.20. The molecular weight excluding hydrogens is 232 g/mol. The average Bonchev–Trinajstić information content (AvgIpc) is 2.32. The Morgan fingerprint density at radius 2 is 1.68 bits per heavy atom. The molecule has 0 heterocycles. The molecule has 0 bridgehead atoms. The van der Waals surface area contributed by atoms with Gasteiger partial charge in [0.25, 0.3) is 0 Å². The van der Waals surface area contributed by atoms with Crippen LogP contribution in [-0.2, 0) is 0 Å². The van der Waals surface area contributed by atoms with Crippen molar-refractivity contribution in [2.24, 2.45) is 11.3 Å². The lowest BCUT2D eigenvalue weighted by atomic mass is 9.96. The summed E-state index contributed by atoms with van der Waals surface area (Å²) < 4.78 is 0. The molecule has 0 radical (unpaired) electrons. The molecule has 0 aliphatic rings. The van der Waals surface area contributed by atoms with Gasteiger partial charge in [-0.1, -0.05) is 54.9 Å². The van der Waals surface area contributed by atoms with Gasteiger partial charge in [0.2, 0.25) is 0 Å². The van der Waals surface area contributed by atoms with Crippen LogP contribution in [0.3, 0.4) is 0 Å². The van der Waals surface area contributed by atoms with E-state index in [0.717, 1.165) is 19.0 Å². The fourth-order valence-electron chi connectivity index (χ4n) is 1.89. The van der Waals surface area contributed by atoms with Gasteiger partial charge in [0, 0.05) is 6.54 Å². The SMILES string of the molecule is CCC(C)CCN(C)CC(C)(C)C.CCCNCC. The average molecular weight is 273 g/mol. The number of hydrogen-bond donors (Lipinski definition) is 1. The fourth-order valence-corrected chi connectivity index (χ4v) is 1.89. The van der Waals surface area contributed by atoms with Crippen LogP contribution in [0.25, 0.3) is 0 Å². The van der Waals surface area contributed by atoms with E-state index in [0.29, 0.717) is 5.41 Å². The highest BCUT2D eigenvalue weighted by Crippen LogP contribution is 2.15. The molecule has 2 heteroatoms. The second kappa shape index (κ2) is 12.9. The van der Waals surface area contributed by atoms with Crippen molar-refractivity contribution in [2.75, 3.05) is 33.2 Å². The predicted molar refractivity (Wildman–Crippen MR) is 89.9 cm³/mol. The molecule has 1 atom stereocenters. The number of nitrogens with zero attached hydrogens (tertiary/aromatic N) is 1. The molecule has 0 fully saturated rings. The number of rotatable bonds is 8. The van der Waals surface area contributed by atoms with Gasteiger partial charge in [0.1, 0.15) is 0 Å². The van der Waals surface area contributed by atoms with Crippen LogP contribution in [0.2, 0.25) is 0 Å². The Balaban J connectivity index is 0. The molecule has 0 saturated carbocycles. The smallest absolute Gasteiger partial charge is 0.00270 e. The third-order valence-electron chi connectivity index (χ3n) is 3.12. The van der Waals surface area contributed by atoms with Gasteiger partial charge in [-0.3, -0.25) is 0 Å². The van der Waals surface area contributed by atoms with Gasteiger partial charge < -0.3 is 10.2 Å². The Morgan fingerprint density at radius 3 is 2.00 bits per heavy atom. The van der Waals surface area contributed by atoms with Crippen molar-refractivity contribution in [1.29, 1.82) is 0 Å². The largest absolute Gasteiger partial charge is 0.317 e. The first-order chi connectivity index (χ1) is 8.76. The highest BCUT2D eigenvalue weighted by atomic mass is 15.1. The second-order valence-electron chi connectivity index (χ2n) is 6.95. The normalized spacial score (nSPS) is 13.1. The zero-order valence-corrected chi connectivity index (χ0v) is 15.0. The second-order valence-corrected chi connectivity index (χ2v) is 6.95. The lowest BCUT2D eigenvalue weighted by Crippen LogP contribution is -2.30. The zero-order chi connectivity index (χ0) is 15.3. The minimum atomic E-state index is 0.435. The van der Waals surface area contributed by atoms with Crippen molar-refractivity contribution >= 4 is 0 Å². The van der Waals surface area contributed by atoms with Gasteiger partial charge in [-0.25, -0.2) is 0 Å². The van der Waals surface area contributed by atoms with E-state index in [1.54, 1.807) is 0 Å². The minimum Gasteiger partial charge on any atom is -0.317 e. The van der Waals surface area contributed by atoms with Crippen LogP contribution in [-0.4, -0.2) is 38.1 Å². The first-order valence-electron chi connectivity index (χ1n) is 8.16. The Kier molecular flexibility index (Phi) is 14.4. The van der Waals surface area contributed by atoms with Crippen molar-refractivity contribution in [3.63, 3.8) is 0 Å². The van der Waals surface area contributed by atoms with Gasteiger partial charge in [-0.15, -0.1) is 0 Å². The van der Waals surface area contributed by atoms with E-state index in [4.69, 9.17) is 0 Å². The van der Waals surface area contributed by atoms with E-state index in [2.05, 4.69) is 65.7 Å². The van der Waals surface area contributed by atoms with Crippen LogP contribution >= 0.6 is 0 Å². The lowest BCUT2D eigenvalue weighted by molar-refractivity contribution is 0.215. The molecule has 19 heavy (non-hydrogen) atoms. The molecule has 0 saturated heterocycles. The van der Waals surface area contributed by atoms with Crippen molar-refractivity contribution in [1.82, 2.24) is 10.2 Å². The third-order valence-corrected chi connectivity index (χ3v) is 3.12. The summed E-state index contributed by atoms with van der Waals surface area (Å²) in [5.74, 6) is 0.877. The van der Waals surface area contributed by atoms with Crippen LogP contribution < -0.4 is 5.32 Å². The molecule has 0 aromatic heterocycles. The monoisotopic (exact) mass is 272 g/mol. The van der Waals surface area contributed by atoms with E-state index in [1.165, 1.54) is 32.4 Å². The predicted octanol–water partition coefficient (Wildman–Crippen LogP) is 4.41. The maximum absolute atomic E-state index is 3.20. The van der Waals surface area contributed by atoms with Gasteiger partial charge in [-0.05, 0) is 50.9 Å². The Morgan fingerprint density at radius 1 is 1.11 bits per heavy atom. The molecule has 1 unspecified atom stereocenters. The Labute approximate surface area is 123 Å². The summed E-state index contributed by atoms with van der Waals surface area (Å²) in [6.07, 6.45) is 3.89. The molecule has 0 aliphatic carbocycles. The van der Waals surface area contributed by atoms with E-state index < -0.39 is 0 Å². The summed E-state index contributed by atoms with van der Waals surface area (Å²) in [5, 5.41) is 3.20. The van der Waals surface area contributed by atoms with E-state index in [1.807, 2.05) is 0 Å². The third kappa shape index (κ3) is 20.4. The van der Waals surface area contributed by atoms with Crippen molar-refractivity contribution in [3.05, 3.63) is 0 Å². The molecule has 118 valence electrons. The summed E-state index contributed by atoms with van der Waals surface area (Å²) in [4.78, 5) is 2.45. The van der Waals surface area contributed by atoms with Crippen LogP contribution in [0.15, 0.2) is 0 Å². The summed E-state index contributed by atoms with van der Waals surface area (Å²) >= 11 is 0. The maximum Gasteiger partial charge on any atom is 0.00270 e. The topological polar surface area (TPSA) is 15.3 Å². The summed E-state index contributed by atoms with van der Waals surface area (Å²) in [6.45, 7) is 20.5. The summed E-state index contributed by atoms with van der Waals surface area (Å²) in [7, 11) is 2.23. The highest BCUT2D eigenvalue weighted by Gasteiger charge is 2.13. The molecule has 0 aromatic carbocycles. The molecule has 2 nitrogen and oxygen atoms in total. The first kappa shape index (κ1) is 21.2. The van der Waals surface area contributed by atoms with Crippen molar-refractivity contribution in [2.45, 2.75) is 67.7 Å². The molecule has 0 rings (SSSR count). The standard InChI is InChI=1S/C12H27N.C5H13N/c1-7-11(2)8-9-13(6)10-12(3,4)5;1-3-5-6-4-2/h11H,7-10H2,1-6H3;6H,3-5H2,1-2H3. The summed E-state index contributed by atoms with van der Waals surface area (Å²) in [6, 6.07) is 0. The Hall–Kier alpha value is -0.0800.